The van der Waals surface area contributed by atoms with Gasteiger partial charge in [-0.2, -0.15) is 0 Å². The van der Waals surface area contributed by atoms with Crippen molar-refractivity contribution in [3.8, 4) is 0 Å². The van der Waals surface area contributed by atoms with Gasteiger partial charge in [-0.15, -0.1) is 0 Å². The molecule has 0 radical (unpaired) electrons. The summed E-state index contributed by atoms with van der Waals surface area (Å²) in [6.45, 7) is 0. The summed E-state index contributed by atoms with van der Waals surface area (Å²) in [5.74, 6) is 0.341. The van der Waals surface area contributed by atoms with Crippen LogP contribution in [0, 0.1) is 0 Å². The standard InChI is InChI=1S/C7H5BrN4O/c8-7-11-5(9)3-1-2-4(13)10-6(3)12-7/h1-2H,(H3,9,10,11,12,13). The topological polar surface area (TPSA) is 84.7 Å². The number of nitrogens with two attached hydrogens (primary N) is 1. The van der Waals surface area contributed by atoms with Crippen molar-refractivity contribution in [2.75, 3.05) is 5.73 Å². The molecule has 2 aromatic heterocycles. The Morgan fingerprint density at radius 3 is 2.92 bits per heavy atom. The van der Waals surface area contributed by atoms with Crippen molar-refractivity contribution in [3.05, 3.63) is 27.2 Å². The number of halogens is 1. The summed E-state index contributed by atoms with van der Waals surface area (Å²) < 4.78 is 0.361. The smallest absolute Gasteiger partial charge is 0.249 e. The van der Waals surface area contributed by atoms with Crippen LogP contribution in [-0.4, -0.2) is 15.0 Å². The minimum atomic E-state index is -0.211. The van der Waals surface area contributed by atoms with Crippen LogP contribution in [0.25, 0.3) is 11.0 Å². The van der Waals surface area contributed by atoms with Crippen molar-refractivity contribution in [3.63, 3.8) is 0 Å². The highest BCUT2D eigenvalue weighted by molar-refractivity contribution is 9.10. The first-order chi connectivity index (χ1) is 6.16. The number of anilines is 1. The number of nitrogens with zero attached hydrogens (tertiary/aromatic N) is 2. The van der Waals surface area contributed by atoms with E-state index in [1.807, 2.05) is 0 Å². The van der Waals surface area contributed by atoms with Crippen LogP contribution in [0.15, 0.2) is 21.7 Å². The van der Waals surface area contributed by atoms with Gasteiger partial charge in [-0.3, -0.25) is 4.79 Å². The Labute approximate surface area is 81.1 Å². The second kappa shape index (κ2) is 2.81. The zero-order chi connectivity index (χ0) is 9.42. The van der Waals surface area contributed by atoms with Crippen molar-refractivity contribution in [2.45, 2.75) is 0 Å². The number of rotatable bonds is 0. The molecule has 6 heteroatoms. The molecule has 0 bridgehead atoms. The van der Waals surface area contributed by atoms with E-state index in [-0.39, 0.29) is 5.56 Å². The third kappa shape index (κ3) is 1.40. The predicted molar refractivity (Wildman–Crippen MR) is 52.3 cm³/mol. The summed E-state index contributed by atoms with van der Waals surface area (Å²) in [5, 5.41) is 0.641. The fraction of sp³-hybridized carbons (Fsp3) is 0. The number of H-pyrrole nitrogens is 1. The number of nitrogens with one attached hydrogen (secondary N) is 1. The minimum absolute atomic E-state index is 0.211. The van der Waals surface area contributed by atoms with E-state index < -0.39 is 0 Å². The largest absolute Gasteiger partial charge is 0.383 e. The van der Waals surface area contributed by atoms with Gasteiger partial charge in [0.05, 0.1) is 5.39 Å². The Balaban J connectivity index is 2.94. The van der Waals surface area contributed by atoms with Crippen LogP contribution >= 0.6 is 15.9 Å². The summed E-state index contributed by atoms with van der Waals surface area (Å²) >= 11 is 3.08. The highest BCUT2D eigenvalue weighted by atomic mass is 79.9. The van der Waals surface area contributed by atoms with E-state index in [2.05, 4.69) is 30.9 Å². The first-order valence-electron chi connectivity index (χ1n) is 3.49. The number of hydrogen-bond acceptors (Lipinski definition) is 4. The molecule has 0 spiro atoms. The summed E-state index contributed by atoms with van der Waals surface area (Å²) in [6.07, 6.45) is 0. The molecule has 0 atom stereocenters. The van der Waals surface area contributed by atoms with Crippen LogP contribution in [0.5, 0.6) is 0 Å². The van der Waals surface area contributed by atoms with Gasteiger partial charge >= 0.3 is 0 Å². The van der Waals surface area contributed by atoms with Crippen LogP contribution in [0.1, 0.15) is 0 Å². The lowest BCUT2D eigenvalue weighted by molar-refractivity contribution is 1.12. The molecule has 0 aliphatic carbocycles. The summed E-state index contributed by atoms with van der Waals surface area (Å²) in [7, 11) is 0. The van der Waals surface area contributed by atoms with Gasteiger partial charge < -0.3 is 10.7 Å². The number of nitrogen functional groups attached to an aromatic ring is 1. The lowest BCUT2D eigenvalue weighted by atomic mass is 10.3. The molecule has 5 nitrogen and oxygen atoms in total. The quantitative estimate of drug-likeness (QED) is 0.663. The molecule has 66 valence electrons. The van der Waals surface area contributed by atoms with Crippen molar-refractivity contribution < 1.29 is 0 Å². The molecule has 2 heterocycles. The van der Waals surface area contributed by atoms with Gasteiger partial charge in [-0.05, 0) is 22.0 Å². The average Bonchev–Trinajstić information content (AvgIpc) is 2.02. The maximum atomic E-state index is 10.9. The molecule has 0 saturated heterocycles. The van der Waals surface area contributed by atoms with E-state index in [1.165, 1.54) is 6.07 Å². The number of aromatic amines is 1. The Kier molecular flexibility index (Phi) is 1.77. The normalized spacial score (nSPS) is 10.5. The fourth-order valence-corrected chi connectivity index (χ4v) is 1.40. The van der Waals surface area contributed by atoms with E-state index >= 15 is 0 Å². The maximum absolute atomic E-state index is 10.9. The molecule has 0 amide bonds. The fourth-order valence-electron chi connectivity index (χ4n) is 1.04. The Morgan fingerprint density at radius 1 is 1.38 bits per heavy atom. The zero-order valence-electron chi connectivity index (χ0n) is 6.41. The average molecular weight is 241 g/mol. The molecular weight excluding hydrogens is 236 g/mol. The third-order valence-electron chi connectivity index (χ3n) is 1.59. The van der Waals surface area contributed by atoms with E-state index in [4.69, 9.17) is 5.73 Å². The monoisotopic (exact) mass is 240 g/mol. The van der Waals surface area contributed by atoms with E-state index in [0.717, 1.165) is 0 Å². The molecule has 0 aliphatic heterocycles. The molecule has 3 N–H and O–H groups in total. The molecule has 2 rings (SSSR count). The molecule has 0 aliphatic rings. The summed E-state index contributed by atoms with van der Waals surface area (Å²) in [5.41, 5.74) is 5.83. The molecule has 2 aromatic rings. The highest BCUT2D eigenvalue weighted by Crippen LogP contribution is 2.15. The molecule has 13 heavy (non-hydrogen) atoms. The van der Waals surface area contributed by atoms with Gasteiger partial charge in [0.15, 0.2) is 0 Å². The number of hydrogen-bond donors (Lipinski definition) is 2. The maximum Gasteiger partial charge on any atom is 0.249 e. The third-order valence-corrected chi connectivity index (χ3v) is 1.95. The van der Waals surface area contributed by atoms with Crippen LogP contribution in [0.2, 0.25) is 0 Å². The minimum Gasteiger partial charge on any atom is -0.383 e. The first-order valence-corrected chi connectivity index (χ1v) is 4.28. The van der Waals surface area contributed by atoms with E-state index in [9.17, 15) is 4.79 Å². The number of aromatic nitrogens is 3. The van der Waals surface area contributed by atoms with Crippen LogP contribution in [0.3, 0.4) is 0 Å². The highest BCUT2D eigenvalue weighted by Gasteiger charge is 2.02. The van der Waals surface area contributed by atoms with Gasteiger partial charge in [0.2, 0.25) is 10.3 Å². The van der Waals surface area contributed by atoms with Crippen molar-refractivity contribution in [2.24, 2.45) is 0 Å². The van der Waals surface area contributed by atoms with E-state index in [1.54, 1.807) is 6.07 Å². The van der Waals surface area contributed by atoms with Gasteiger partial charge in [-0.25, -0.2) is 9.97 Å². The molecule has 0 aromatic carbocycles. The van der Waals surface area contributed by atoms with Crippen LogP contribution in [-0.2, 0) is 0 Å². The SMILES string of the molecule is Nc1nc(Br)nc2[nH]c(=O)ccc12. The summed E-state index contributed by atoms with van der Waals surface area (Å²) in [4.78, 5) is 21.3. The van der Waals surface area contributed by atoms with Crippen LogP contribution < -0.4 is 11.3 Å². The van der Waals surface area contributed by atoms with Gasteiger partial charge in [-0.1, -0.05) is 0 Å². The Hall–Kier alpha value is -1.43. The van der Waals surface area contributed by atoms with E-state index in [0.29, 0.717) is 21.6 Å². The van der Waals surface area contributed by atoms with Gasteiger partial charge in [0.25, 0.3) is 0 Å². The number of pyridine rings is 1. The zero-order valence-corrected chi connectivity index (χ0v) is 8.00. The van der Waals surface area contributed by atoms with Gasteiger partial charge in [0, 0.05) is 6.07 Å². The Bertz CT molecular complexity index is 521. The van der Waals surface area contributed by atoms with Crippen molar-refractivity contribution in [1.29, 1.82) is 0 Å². The molecule has 0 unspecified atom stereocenters. The lowest BCUT2D eigenvalue weighted by Gasteiger charge is -1.99. The van der Waals surface area contributed by atoms with Crippen LogP contribution in [0.4, 0.5) is 5.82 Å². The second-order valence-electron chi connectivity index (χ2n) is 2.46. The summed E-state index contributed by atoms with van der Waals surface area (Å²) in [6, 6.07) is 2.98. The predicted octanol–water partition coefficient (Wildman–Crippen LogP) is 0.663. The molecule has 0 fully saturated rings. The van der Waals surface area contributed by atoms with Crippen molar-refractivity contribution >= 4 is 32.8 Å². The number of fused-ring (bicyclic) bond motifs is 1. The molecular formula is C7H5BrN4O. The van der Waals surface area contributed by atoms with Crippen molar-refractivity contribution in [1.82, 2.24) is 15.0 Å². The lowest BCUT2D eigenvalue weighted by Crippen LogP contribution is -2.06. The second-order valence-corrected chi connectivity index (χ2v) is 3.17. The first kappa shape index (κ1) is 8.18. The van der Waals surface area contributed by atoms with Gasteiger partial charge in [0.1, 0.15) is 11.5 Å². The Morgan fingerprint density at radius 2 is 2.15 bits per heavy atom. The molecule has 0 saturated carbocycles.